The van der Waals surface area contributed by atoms with E-state index in [0.717, 1.165) is 16.5 Å². The number of anilines is 1. The number of aromatic nitrogens is 3. The first-order chi connectivity index (χ1) is 15.7. The first kappa shape index (κ1) is 21.5. The minimum absolute atomic E-state index is 0.0638. The number of likely N-dealkylation sites (tertiary alicyclic amines) is 1. The van der Waals surface area contributed by atoms with Gasteiger partial charge < -0.3 is 9.80 Å². The lowest BCUT2D eigenvalue weighted by Gasteiger charge is -2.34. The van der Waals surface area contributed by atoms with Gasteiger partial charge in [0.05, 0.1) is 12.5 Å². The van der Waals surface area contributed by atoms with E-state index in [1.807, 2.05) is 24.3 Å². The zero-order chi connectivity index (χ0) is 23.3. The number of halogens is 3. The number of aryl methyl sites for hydroxylation is 1. The maximum absolute atomic E-state index is 13.2. The van der Waals surface area contributed by atoms with Gasteiger partial charge in [0.15, 0.2) is 5.82 Å². The van der Waals surface area contributed by atoms with E-state index in [9.17, 15) is 22.8 Å². The van der Waals surface area contributed by atoms with E-state index in [-0.39, 0.29) is 24.6 Å². The molecular formula is C23H24F3N5O2. The van der Waals surface area contributed by atoms with E-state index in [0.29, 0.717) is 44.0 Å². The smallest absolute Gasteiger partial charge is 0.362 e. The molecule has 1 amide bonds. The molecule has 0 radical (unpaired) electrons. The van der Waals surface area contributed by atoms with E-state index < -0.39 is 12.1 Å². The molecule has 5 rings (SSSR count). The van der Waals surface area contributed by atoms with Crippen LogP contribution in [0.4, 0.5) is 18.9 Å². The molecule has 2 aromatic carbocycles. The summed E-state index contributed by atoms with van der Waals surface area (Å²) in [5.74, 6) is -1.14. The fourth-order valence-corrected chi connectivity index (χ4v) is 4.86. The van der Waals surface area contributed by atoms with E-state index >= 15 is 0 Å². The third-order valence-electron chi connectivity index (χ3n) is 6.63. The van der Waals surface area contributed by atoms with Crippen molar-refractivity contribution in [1.29, 1.82) is 0 Å². The lowest BCUT2D eigenvalue weighted by molar-refractivity contribution is -0.184. The van der Waals surface area contributed by atoms with E-state index in [2.05, 4.69) is 10.00 Å². The Bertz CT molecular complexity index is 1280. The van der Waals surface area contributed by atoms with Crippen LogP contribution >= 0.6 is 0 Å². The van der Waals surface area contributed by atoms with Gasteiger partial charge in [-0.2, -0.15) is 18.3 Å². The Morgan fingerprint density at radius 3 is 2.73 bits per heavy atom. The highest BCUT2D eigenvalue weighted by atomic mass is 19.4. The molecule has 3 heterocycles. The predicted molar refractivity (Wildman–Crippen MR) is 117 cm³/mol. The van der Waals surface area contributed by atoms with Gasteiger partial charge in [-0.05, 0) is 36.4 Å². The molecule has 2 aliphatic rings. The van der Waals surface area contributed by atoms with Crippen molar-refractivity contribution < 1.29 is 18.0 Å². The molecule has 0 saturated carbocycles. The Kier molecular flexibility index (Phi) is 5.18. The van der Waals surface area contributed by atoms with E-state index in [1.165, 1.54) is 9.58 Å². The predicted octanol–water partition coefficient (Wildman–Crippen LogP) is 3.17. The fraction of sp³-hybridized carbons (Fsp3) is 0.435. The minimum atomic E-state index is -4.29. The zero-order valence-corrected chi connectivity index (χ0v) is 18.2. The van der Waals surface area contributed by atoms with Gasteiger partial charge in [-0.1, -0.05) is 18.2 Å². The zero-order valence-electron chi connectivity index (χ0n) is 18.2. The Labute approximate surface area is 188 Å². The van der Waals surface area contributed by atoms with Gasteiger partial charge in [0.1, 0.15) is 0 Å². The average molecular weight is 459 g/mol. The van der Waals surface area contributed by atoms with Crippen molar-refractivity contribution in [2.45, 2.75) is 32.1 Å². The summed E-state index contributed by atoms with van der Waals surface area (Å²) < 4.78 is 42.5. The largest absolute Gasteiger partial charge is 0.393 e. The number of amides is 1. The number of alkyl halides is 3. The van der Waals surface area contributed by atoms with Crippen LogP contribution in [0.5, 0.6) is 0 Å². The number of benzene rings is 2. The lowest BCUT2D eigenvalue weighted by Crippen LogP contribution is -2.44. The lowest BCUT2D eigenvalue weighted by atomic mass is 9.96. The van der Waals surface area contributed by atoms with Gasteiger partial charge in [-0.15, -0.1) is 0 Å². The van der Waals surface area contributed by atoms with Gasteiger partial charge >= 0.3 is 11.9 Å². The van der Waals surface area contributed by atoms with Crippen molar-refractivity contribution in [1.82, 2.24) is 19.2 Å². The normalized spacial score (nSPS) is 19.1. The topological polar surface area (TPSA) is 63.4 Å². The monoisotopic (exact) mass is 459 g/mol. The standard InChI is InChI=1S/C23H24F3N5O2/c1-28-22(33)31-11-10-29(14-20(31)27-28)19-6-2-4-15-12-16(7-8-18(15)19)21(32)30-9-3-5-17(13-30)23(24,25)26/h2,4,6-8,12,17H,3,5,9-11,13-14H2,1H3/t17-/m0/s1. The second kappa shape index (κ2) is 7.93. The molecule has 7 nitrogen and oxygen atoms in total. The van der Waals surface area contributed by atoms with Crippen LogP contribution in [-0.2, 0) is 20.1 Å². The number of hydrogen-bond donors (Lipinski definition) is 0. The summed E-state index contributed by atoms with van der Waals surface area (Å²) in [6.45, 7) is 1.71. The molecule has 1 atom stereocenters. The van der Waals surface area contributed by atoms with E-state index in [1.54, 1.807) is 23.7 Å². The highest BCUT2D eigenvalue weighted by Gasteiger charge is 2.42. The summed E-state index contributed by atoms with van der Waals surface area (Å²) in [4.78, 5) is 28.6. The molecule has 0 unspecified atom stereocenters. The molecule has 10 heteroatoms. The number of nitrogens with zero attached hydrogens (tertiary/aromatic N) is 5. The summed E-state index contributed by atoms with van der Waals surface area (Å²) in [6.07, 6.45) is -3.88. The molecule has 3 aromatic rings. The number of rotatable bonds is 2. The molecule has 2 aliphatic heterocycles. The van der Waals surface area contributed by atoms with Crippen LogP contribution in [0.25, 0.3) is 10.8 Å². The summed E-state index contributed by atoms with van der Waals surface area (Å²) in [7, 11) is 1.63. The van der Waals surface area contributed by atoms with Crippen LogP contribution in [0, 0.1) is 5.92 Å². The molecule has 174 valence electrons. The first-order valence-electron chi connectivity index (χ1n) is 11.0. The van der Waals surface area contributed by atoms with Gasteiger partial charge in [-0.3, -0.25) is 9.36 Å². The van der Waals surface area contributed by atoms with Gasteiger partial charge in [0.2, 0.25) is 0 Å². The number of carbonyl (C=O) groups excluding carboxylic acids is 1. The first-order valence-corrected chi connectivity index (χ1v) is 11.0. The molecule has 0 aliphatic carbocycles. The summed E-state index contributed by atoms with van der Waals surface area (Å²) in [6, 6.07) is 11.1. The molecule has 1 aromatic heterocycles. The highest BCUT2D eigenvalue weighted by molar-refractivity contribution is 6.02. The van der Waals surface area contributed by atoms with Crippen molar-refractivity contribution in [3.63, 3.8) is 0 Å². The van der Waals surface area contributed by atoms with Crippen molar-refractivity contribution in [2.24, 2.45) is 13.0 Å². The van der Waals surface area contributed by atoms with Gasteiger partial charge in [-0.25, -0.2) is 9.48 Å². The van der Waals surface area contributed by atoms with Crippen molar-refractivity contribution in [2.75, 3.05) is 24.5 Å². The Hall–Kier alpha value is -3.30. The minimum Gasteiger partial charge on any atom is -0.362 e. The molecule has 0 N–H and O–H groups in total. The quantitative estimate of drug-likeness (QED) is 0.591. The SMILES string of the molecule is Cn1nc2n(c1=O)CCN(c1cccc3cc(C(=O)N4CCC[C@H](C(F)(F)F)C4)ccc13)C2. The van der Waals surface area contributed by atoms with Crippen molar-refractivity contribution in [3.8, 4) is 0 Å². The molecule has 0 spiro atoms. The Balaban J connectivity index is 1.41. The number of carbonyl (C=O) groups is 1. The summed E-state index contributed by atoms with van der Waals surface area (Å²) in [5.41, 5.74) is 1.22. The molecule has 33 heavy (non-hydrogen) atoms. The fourth-order valence-electron chi connectivity index (χ4n) is 4.86. The average Bonchev–Trinajstić information content (AvgIpc) is 3.10. The molecule has 1 saturated heterocycles. The summed E-state index contributed by atoms with van der Waals surface area (Å²) >= 11 is 0. The number of hydrogen-bond acceptors (Lipinski definition) is 4. The van der Waals surface area contributed by atoms with Gasteiger partial charge in [0, 0.05) is 49.9 Å². The van der Waals surface area contributed by atoms with Crippen LogP contribution in [0.1, 0.15) is 29.0 Å². The Morgan fingerprint density at radius 1 is 1.12 bits per heavy atom. The van der Waals surface area contributed by atoms with Crippen molar-refractivity contribution in [3.05, 3.63) is 58.3 Å². The van der Waals surface area contributed by atoms with E-state index in [4.69, 9.17) is 0 Å². The third kappa shape index (κ3) is 3.87. The molecular weight excluding hydrogens is 435 g/mol. The molecule has 1 fully saturated rings. The van der Waals surface area contributed by atoms with Crippen LogP contribution in [0.3, 0.4) is 0 Å². The maximum Gasteiger partial charge on any atom is 0.393 e. The van der Waals surface area contributed by atoms with Crippen molar-refractivity contribution >= 4 is 22.4 Å². The van der Waals surface area contributed by atoms with Gasteiger partial charge in [0.25, 0.3) is 5.91 Å². The second-order valence-corrected chi connectivity index (χ2v) is 8.74. The summed E-state index contributed by atoms with van der Waals surface area (Å²) in [5, 5.41) is 6.09. The van der Waals surface area contributed by atoms with Crippen LogP contribution in [0.15, 0.2) is 41.2 Å². The van der Waals surface area contributed by atoms with Crippen LogP contribution < -0.4 is 10.6 Å². The van der Waals surface area contributed by atoms with Crippen LogP contribution in [0.2, 0.25) is 0 Å². The van der Waals surface area contributed by atoms with Crippen LogP contribution in [-0.4, -0.2) is 51.0 Å². The highest BCUT2D eigenvalue weighted by Crippen LogP contribution is 2.34. The number of fused-ring (bicyclic) bond motifs is 2. The Morgan fingerprint density at radius 2 is 1.94 bits per heavy atom. The number of piperidine rings is 1. The maximum atomic E-state index is 13.2. The molecule has 0 bridgehead atoms. The third-order valence-corrected chi connectivity index (χ3v) is 6.63. The second-order valence-electron chi connectivity index (χ2n) is 8.74.